The van der Waals surface area contributed by atoms with Crippen LogP contribution in [-0.2, 0) is 11.8 Å². The van der Waals surface area contributed by atoms with Crippen molar-refractivity contribution in [2.75, 3.05) is 7.11 Å². The molecule has 0 amide bonds. The third kappa shape index (κ3) is 3.89. The highest BCUT2D eigenvalue weighted by Gasteiger charge is 2.28. The van der Waals surface area contributed by atoms with E-state index in [1.165, 1.54) is 0 Å². The Balaban J connectivity index is 2.53. The average Bonchev–Trinajstić information content (AvgIpc) is 2.65. The number of hydrogen-bond donors (Lipinski definition) is 2. The van der Waals surface area contributed by atoms with E-state index in [9.17, 15) is 5.26 Å². The molecule has 6 heteroatoms. The minimum atomic E-state index is -0.756. The Kier molecular flexibility index (Phi) is 5.93. The summed E-state index contributed by atoms with van der Waals surface area (Å²) in [6.45, 7) is 5.81. The average molecular weight is 356 g/mol. The SMILES string of the molecule is CCc1cc2ccc(C(C)(C#N)C/C(N)=C(\C)SN)cc2nc1OC. The van der Waals surface area contributed by atoms with Crippen LogP contribution >= 0.6 is 11.9 Å². The van der Waals surface area contributed by atoms with Gasteiger partial charge in [-0.1, -0.05) is 31.0 Å². The Morgan fingerprint density at radius 2 is 2.12 bits per heavy atom. The Labute approximate surface area is 153 Å². The van der Waals surface area contributed by atoms with E-state index in [4.69, 9.17) is 15.6 Å². The number of ether oxygens (including phenoxy) is 1. The number of fused-ring (bicyclic) bond motifs is 1. The number of pyridine rings is 1. The van der Waals surface area contributed by atoms with E-state index in [2.05, 4.69) is 24.0 Å². The van der Waals surface area contributed by atoms with Crippen LogP contribution in [0.5, 0.6) is 5.88 Å². The van der Waals surface area contributed by atoms with E-state index in [0.29, 0.717) is 18.0 Å². The molecule has 4 N–H and O–H groups in total. The van der Waals surface area contributed by atoms with Gasteiger partial charge in [-0.15, -0.1) is 0 Å². The summed E-state index contributed by atoms with van der Waals surface area (Å²) in [6, 6.07) is 10.4. The second-order valence-electron chi connectivity index (χ2n) is 6.24. The number of nitrogens with zero attached hydrogens (tertiary/aromatic N) is 2. The van der Waals surface area contributed by atoms with Crippen molar-refractivity contribution in [3.05, 3.63) is 46.0 Å². The minimum Gasteiger partial charge on any atom is -0.481 e. The third-order valence-electron chi connectivity index (χ3n) is 4.49. The van der Waals surface area contributed by atoms with Crippen molar-refractivity contribution in [1.82, 2.24) is 4.98 Å². The van der Waals surface area contributed by atoms with Gasteiger partial charge in [-0.25, -0.2) is 4.98 Å². The van der Waals surface area contributed by atoms with Crippen LogP contribution in [0, 0.1) is 11.3 Å². The van der Waals surface area contributed by atoms with Crippen molar-refractivity contribution >= 4 is 22.9 Å². The van der Waals surface area contributed by atoms with E-state index in [-0.39, 0.29) is 0 Å². The maximum Gasteiger partial charge on any atom is 0.216 e. The van der Waals surface area contributed by atoms with Crippen LogP contribution in [0.25, 0.3) is 10.9 Å². The van der Waals surface area contributed by atoms with Crippen LogP contribution in [0.3, 0.4) is 0 Å². The molecular weight excluding hydrogens is 332 g/mol. The summed E-state index contributed by atoms with van der Waals surface area (Å²) in [5.74, 6) is 0.626. The topological polar surface area (TPSA) is 98.0 Å². The van der Waals surface area contributed by atoms with Gasteiger partial charge in [-0.3, -0.25) is 5.14 Å². The number of aryl methyl sites for hydroxylation is 1. The molecule has 132 valence electrons. The summed E-state index contributed by atoms with van der Waals surface area (Å²) >= 11 is 1.11. The molecule has 2 aromatic rings. The van der Waals surface area contributed by atoms with Crippen LogP contribution in [0.4, 0.5) is 0 Å². The van der Waals surface area contributed by atoms with E-state index in [1.54, 1.807) is 7.11 Å². The van der Waals surface area contributed by atoms with Gasteiger partial charge < -0.3 is 10.5 Å². The molecule has 0 aliphatic rings. The predicted molar refractivity (Wildman–Crippen MR) is 104 cm³/mol. The summed E-state index contributed by atoms with van der Waals surface area (Å²) in [4.78, 5) is 5.43. The molecule has 1 aromatic carbocycles. The molecule has 0 bridgehead atoms. The molecule has 0 fully saturated rings. The second kappa shape index (κ2) is 7.77. The van der Waals surface area contributed by atoms with Gasteiger partial charge in [-0.05, 0) is 38.0 Å². The maximum absolute atomic E-state index is 9.79. The van der Waals surface area contributed by atoms with Crippen molar-refractivity contribution in [3.8, 4) is 11.9 Å². The fraction of sp³-hybridized carbons (Fsp3) is 0.368. The number of hydrogen-bond acceptors (Lipinski definition) is 6. The summed E-state index contributed by atoms with van der Waals surface area (Å²) in [5.41, 5.74) is 8.73. The minimum absolute atomic E-state index is 0.412. The van der Waals surface area contributed by atoms with Gasteiger partial charge in [0.15, 0.2) is 0 Å². The largest absolute Gasteiger partial charge is 0.481 e. The zero-order valence-electron chi connectivity index (χ0n) is 15.1. The molecule has 1 heterocycles. The standard InChI is InChI=1S/C19H24N4OS/c1-5-13-8-14-6-7-15(9-17(14)23-18(13)24-4)19(3,11-20)10-16(21)12(2)25-22/h6-9H,5,10,21-22H2,1-4H3/b16-12-. The van der Waals surface area contributed by atoms with Crippen LogP contribution in [-0.4, -0.2) is 12.1 Å². The second-order valence-corrected chi connectivity index (χ2v) is 7.09. The number of aromatic nitrogens is 1. The molecule has 0 aliphatic heterocycles. The van der Waals surface area contributed by atoms with E-state index in [0.717, 1.165) is 45.3 Å². The normalized spacial score (nSPS) is 14.6. The summed E-state index contributed by atoms with van der Waals surface area (Å²) < 4.78 is 5.39. The number of methoxy groups -OCH3 is 1. The number of rotatable bonds is 6. The Hall–Kier alpha value is -2.23. The van der Waals surface area contributed by atoms with Crippen molar-refractivity contribution in [3.63, 3.8) is 0 Å². The quantitative estimate of drug-likeness (QED) is 0.765. The summed E-state index contributed by atoms with van der Waals surface area (Å²) in [7, 11) is 1.62. The fourth-order valence-electron chi connectivity index (χ4n) is 2.75. The van der Waals surface area contributed by atoms with Gasteiger partial charge >= 0.3 is 0 Å². The molecule has 0 aliphatic carbocycles. The molecule has 0 saturated heterocycles. The van der Waals surface area contributed by atoms with Gasteiger partial charge in [-0.2, -0.15) is 5.26 Å². The monoisotopic (exact) mass is 356 g/mol. The van der Waals surface area contributed by atoms with Crippen molar-refractivity contribution in [2.45, 2.75) is 39.0 Å². The maximum atomic E-state index is 9.79. The lowest BCUT2D eigenvalue weighted by Gasteiger charge is -2.23. The number of nitrogens with two attached hydrogens (primary N) is 2. The molecule has 1 unspecified atom stereocenters. The van der Waals surface area contributed by atoms with Gasteiger partial charge in [0.2, 0.25) is 5.88 Å². The lowest BCUT2D eigenvalue weighted by atomic mass is 9.79. The molecule has 25 heavy (non-hydrogen) atoms. The Morgan fingerprint density at radius 1 is 1.40 bits per heavy atom. The molecule has 0 radical (unpaired) electrons. The summed E-state index contributed by atoms with van der Waals surface area (Å²) in [6.07, 6.45) is 1.26. The van der Waals surface area contributed by atoms with Gasteiger partial charge in [0.1, 0.15) is 0 Å². The zero-order valence-corrected chi connectivity index (χ0v) is 15.9. The molecule has 0 spiro atoms. The van der Waals surface area contributed by atoms with Gasteiger partial charge in [0, 0.05) is 28.0 Å². The van der Waals surface area contributed by atoms with E-state index in [1.807, 2.05) is 32.0 Å². The smallest absolute Gasteiger partial charge is 0.216 e. The van der Waals surface area contributed by atoms with Crippen molar-refractivity contribution < 1.29 is 4.74 Å². The van der Waals surface area contributed by atoms with Crippen LogP contribution < -0.4 is 15.6 Å². The first-order valence-corrected chi connectivity index (χ1v) is 8.97. The van der Waals surface area contributed by atoms with Crippen LogP contribution in [0.15, 0.2) is 34.9 Å². The van der Waals surface area contributed by atoms with Crippen LogP contribution in [0.1, 0.15) is 38.3 Å². The zero-order chi connectivity index (χ0) is 18.6. The first kappa shape index (κ1) is 19.1. The summed E-state index contributed by atoms with van der Waals surface area (Å²) in [5, 5.41) is 16.4. The lowest BCUT2D eigenvalue weighted by Crippen LogP contribution is -2.23. The third-order valence-corrected chi connectivity index (χ3v) is 5.10. The lowest BCUT2D eigenvalue weighted by molar-refractivity contribution is 0.395. The molecule has 5 nitrogen and oxygen atoms in total. The highest BCUT2D eigenvalue weighted by molar-refractivity contribution is 8.00. The number of nitriles is 1. The van der Waals surface area contributed by atoms with E-state index < -0.39 is 5.41 Å². The number of benzene rings is 1. The molecule has 2 rings (SSSR count). The Bertz CT molecular complexity index is 856. The van der Waals surface area contributed by atoms with E-state index >= 15 is 0 Å². The first-order valence-electron chi connectivity index (χ1n) is 8.09. The molecule has 1 aromatic heterocycles. The van der Waals surface area contributed by atoms with Crippen molar-refractivity contribution in [1.29, 1.82) is 5.26 Å². The Morgan fingerprint density at radius 3 is 2.68 bits per heavy atom. The predicted octanol–water partition coefficient (Wildman–Crippen LogP) is 3.77. The first-order chi connectivity index (χ1) is 11.9. The molecular formula is C19H24N4OS. The fourth-order valence-corrected chi connectivity index (χ4v) is 2.98. The van der Waals surface area contributed by atoms with Crippen LogP contribution in [0.2, 0.25) is 0 Å². The highest BCUT2D eigenvalue weighted by Crippen LogP contribution is 2.33. The molecule has 0 saturated carbocycles. The number of allylic oxidation sites excluding steroid dienone is 2. The van der Waals surface area contributed by atoms with Crippen molar-refractivity contribution in [2.24, 2.45) is 10.9 Å². The molecule has 1 atom stereocenters. The van der Waals surface area contributed by atoms with Gasteiger partial charge in [0.25, 0.3) is 0 Å². The van der Waals surface area contributed by atoms with Gasteiger partial charge in [0.05, 0.1) is 24.1 Å². The highest BCUT2D eigenvalue weighted by atomic mass is 32.2.